The minimum Gasteiger partial charge on any atom is -0.377 e. The number of Topliss-reactive ketones (excluding diaryl/α,β-unsaturated/α-hetero) is 1. The molecule has 2 heteroatoms. The molecule has 1 fully saturated rings. The topological polar surface area (TPSA) is 26.3 Å². The van der Waals surface area contributed by atoms with E-state index < -0.39 is 0 Å². The number of hydrogen-bond donors (Lipinski definition) is 0. The van der Waals surface area contributed by atoms with Gasteiger partial charge in [-0.25, -0.2) is 0 Å². The highest BCUT2D eigenvalue weighted by Crippen LogP contribution is 2.29. The van der Waals surface area contributed by atoms with Crippen molar-refractivity contribution < 1.29 is 9.53 Å². The molecule has 0 aromatic heterocycles. The number of carbonyl (C=O) groups is 1. The zero-order valence-corrected chi connectivity index (χ0v) is 11.7. The van der Waals surface area contributed by atoms with Crippen molar-refractivity contribution in [3.05, 3.63) is 34.4 Å². The lowest BCUT2D eigenvalue weighted by Gasteiger charge is -2.18. The quantitative estimate of drug-likeness (QED) is 0.762. The molecule has 0 N–H and O–H groups in total. The van der Waals surface area contributed by atoms with Crippen LogP contribution >= 0.6 is 0 Å². The molecule has 0 spiro atoms. The van der Waals surface area contributed by atoms with E-state index in [-0.39, 0.29) is 17.8 Å². The highest BCUT2D eigenvalue weighted by molar-refractivity contribution is 6.01. The molecule has 98 valence electrons. The molecule has 1 saturated heterocycles. The van der Waals surface area contributed by atoms with Gasteiger partial charge in [0.25, 0.3) is 0 Å². The van der Waals surface area contributed by atoms with Crippen molar-refractivity contribution in [1.29, 1.82) is 0 Å². The van der Waals surface area contributed by atoms with Gasteiger partial charge in [0.05, 0.1) is 12.0 Å². The normalized spacial score (nSPS) is 23.3. The van der Waals surface area contributed by atoms with Crippen molar-refractivity contribution in [2.75, 3.05) is 6.61 Å². The first kappa shape index (κ1) is 13.3. The summed E-state index contributed by atoms with van der Waals surface area (Å²) in [5, 5.41) is 0. The molecular weight excluding hydrogens is 224 g/mol. The molecule has 0 aliphatic carbocycles. The van der Waals surface area contributed by atoms with Crippen LogP contribution in [0.3, 0.4) is 0 Å². The van der Waals surface area contributed by atoms with Crippen molar-refractivity contribution in [2.45, 2.75) is 46.6 Å². The Balaban J connectivity index is 2.34. The molecule has 1 aromatic rings. The van der Waals surface area contributed by atoms with Crippen molar-refractivity contribution in [3.63, 3.8) is 0 Å². The maximum Gasteiger partial charge on any atom is 0.169 e. The van der Waals surface area contributed by atoms with E-state index in [0.29, 0.717) is 0 Å². The molecule has 1 aliphatic rings. The van der Waals surface area contributed by atoms with E-state index in [2.05, 4.69) is 26.0 Å². The summed E-state index contributed by atoms with van der Waals surface area (Å²) >= 11 is 0. The van der Waals surface area contributed by atoms with Crippen LogP contribution in [0.25, 0.3) is 0 Å². The van der Waals surface area contributed by atoms with Crippen molar-refractivity contribution >= 4 is 5.78 Å². The molecule has 1 aliphatic heterocycles. The number of aryl methyl sites for hydroxylation is 3. The van der Waals surface area contributed by atoms with Gasteiger partial charge in [0.1, 0.15) is 0 Å². The van der Waals surface area contributed by atoms with Crippen molar-refractivity contribution in [1.82, 2.24) is 0 Å². The second-order valence-electron chi connectivity index (χ2n) is 5.35. The molecule has 0 saturated carbocycles. The summed E-state index contributed by atoms with van der Waals surface area (Å²) in [6.45, 7) is 8.94. The van der Waals surface area contributed by atoms with Crippen LogP contribution < -0.4 is 0 Å². The van der Waals surface area contributed by atoms with Crippen LogP contribution in [0.2, 0.25) is 0 Å². The summed E-state index contributed by atoms with van der Waals surface area (Å²) in [5.74, 6) is 0.324. The fourth-order valence-corrected chi connectivity index (χ4v) is 3.10. The number of ether oxygens (including phenoxy) is 1. The molecule has 2 nitrogen and oxygen atoms in total. The predicted molar refractivity (Wildman–Crippen MR) is 73.1 cm³/mol. The smallest absolute Gasteiger partial charge is 0.169 e. The summed E-state index contributed by atoms with van der Waals surface area (Å²) in [6.07, 6.45) is 1.89. The number of rotatable bonds is 3. The van der Waals surface area contributed by atoms with Crippen LogP contribution in [-0.4, -0.2) is 18.5 Å². The lowest BCUT2D eigenvalue weighted by molar-refractivity contribution is 0.0688. The highest BCUT2D eigenvalue weighted by atomic mass is 16.5. The number of carbonyl (C=O) groups excluding carboxylic acids is 1. The highest BCUT2D eigenvalue weighted by Gasteiger charge is 2.34. The van der Waals surface area contributed by atoms with Crippen LogP contribution in [0.15, 0.2) is 12.1 Å². The standard InChI is InChI=1S/C16H22O2/c1-5-14-13(6-7-18-14)16(17)15-11(3)8-10(2)9-12(15)4/h8-9,13-14H,5-7H2,1-4H3. The van der Waals surface area contributed by atoms with Gasteiger partial charge in [-0.1, -0.05) is 24.6 Å². The molecule has 0 amide bonds. The van der Waals surface area contributed by atoms with E-state index in [0.717, 1.165) is 36.1 Å². The zero-order chi connectivity index (χ0) is 13.3. The second kappa shape index (κ2) is 5.23. The molecule has 2 atom stereocenters. The van der Waals surface area contributed by atoms with Gasteiger partial charge in [0, 0.05) is 12.2 Å². The summed E-state index contributed by atoms with van der Waals surface area (Å²) in [7, 11) is 0. The zero-order valence-electron chi connectivity index (χ0n) is 11.7. The minimum absolute atomic E-state index is 0.0510. The van der Waals surface area contributed by atoms with Crippen molar-refractivity contribution in [2.24, 2.45) is 5.92 Å². The molecular formula is C16H22O2. The third-order valence-electron chi connectivity index (χ3n) is 3.87. The third kappa shape index (κ3) is 2.35. The first-order chi connectivity index (χ1) is 8.54. The van der Waals surface area contributed by atoms with Gasteiger partial charge in [0.15, 0.2) is 5.78 Å². The fourth-order valence-electron chi connectivity index (χ4n) is 3.10. The maximum atomic E-state index is 12.7. The third-order valence-corrected chi connectivity index (χ3v) is 3.87. The predicted octanol–water partition coefficient (Wildman–Crippen LogP) is 3.61. The molecule has 0 radical (unpaired) electrons. The summed E-state index contributed by atoms with van der Waals surface area (Å²) in [6, 6.07) is 4.19. The number of benzene rings is 1. The van der Waals surface area contributed by atoms with E-state index >= 15 is 0 Å². The van der Waals surface area contributed by atoms with E-state index in [4.69, 9.17) is 4.74 Å². The monoisotopic (exact) mass is 246 g/mol. The Hall–Kier alpha value is -1.15. The maximum absolute atomic E-state index is 12.7. The van der Waals surface area contributed by atoms with Gasteiger partial charge in [-0.2, -0.15) is 0 Å². The summed E-state index contributed by atoms with van der Waals surface area (Å²) < 4.78 is 5.64. The van der Waals surface area contributed by atoms with E-state index in [1.54, 1.807) is 0 Å². The number of hydrogen-bond acceptors (Lipinski definition) is 2. The molecule has 2 rings (SSSR count). The Labute approximate surface area is 109 Å². The summed E-state index contributed by atoms with van der Waals surface area (Å²) in [5.41, 5.74) is 4.32. The largest absolute Gasteiger partial charge is 0.377 e. The van der Waals surface area contributed by atoms with Crippen LogP contribution in [-0.2, 0) is 4.74 Å². The van der Waals surface area contributed by atoms with Gasteiger partial charge in [0.2, 0.25) is 0 Å². The molecule has 1 aromatic carbocycles. The van der Waals surface area contributed by atoms with Gasteiger partial charge in [-0.15, -0.1) is 0 Å². The van der Waals surface area contributed by atoms with Crippen LogP contribution in [0.1, 0.15) is 46.8 Å². The van der Waals surface area contributed by atoms with Gasteiger partial charge < -0.3 is 4.74 Å². The Morgan fingerprint density at radius 3 is 2.44 bits per heavy atom. The lowest BCUT2D eigenvalue weighted by atomic mass is 9.86. The lowest BCUT2D eigenvalue weighted by Crippen LogP contribution is -2.25. The SMILES string of the molecule is CCC1OCCC1C(=O)c1c(C)cc(C)cc1C. The molecule has 18 heavy (non-hydrogen) atoms. The number of ketones is 1. The van der Waals surface area contributed by atoms with Crippen LogP contribution in [0.4, 0.5) is 0 Å². The van der Waals surface area contributed by atoms with E-state index in [9.17, 15) is 4.79 Å². The Kier molecular flexibility index (Phi) is 3.86. The van der Waals surface area contributed by atoms with E-state index in [1.165, 1.54) is 5.56 Å². The molecule has 1 heterocycles. The first-order valence-electron chi connectivity index (χ1n) is 6.78. The van der Waals surface area contributed by atoms with Crippen LogP contribution in [0, 0.1) is 26.7 Å². The van der Waals surface area contributed by atoms with Gasteiger partial charge in [-0.3, -0.25) is 4.79 Å². The summed E-state index contributed by atoms with van der Waals surface area (Å²) in [4.78, 5) is 12.7. The van der Waals surface area contributed by atoms with Crippen molar-refractivity contribution in [3.8, 4) is 0 Å². The average molecular weight is 246 g/mol. The van der Waals surface area contributed by atoms with Gasteiger partial charge in [-0.05, 0) is 44.7 Å². The van der Waals surface area contributed by atoms with Crippen LogP contribution in [0.5, 0.6) is 0 Å². The van der Waals surface area contributed by atoms with Gasteiger partial charge >= 0.3 is 0 Å². The molecule has 2 unspecified atom stereocenters. The first-order valence-corrected chi connectivity index (χ1v) is 6.78. The Morgan fingerprint density at radius 2 is 1.89 bits per heavy atom. The fraction of sp³-hybridized carbons (Fsp3) is 0.562. The Morgan fingerprint density at radius 1 is 1.28 bits per heavy atom. The Bertz CT molecular complexity index is 439. The average Bonchev–Trinajstić information content (AvgIpc) is 2.75. The second-order valence-corrected chi connectivity index (χ2v) is 5.35. The minimum atomic E-state index is 0.0510. The molecule has 0 bridgehead atoms. The van der Waals surface area contributed by atoms with E-state index in [1.807, 2.05) is 13.8 Å².